The normalized spacial score (nSPS) is 10.8. The minimum atomic E-state index is -0.659. The molecular weight excluding hydrogens is 353 g/mol. The molecule has 2 aromatic carbocycles. The highest BCUT2D eigenvalue weighted by molar-refractivity contribution is 5.90. The number of nitrogens with zero attached hydrogens (tertiary/aromatic N) is 3. The van der Waals surface area contributed by atoms with Gasteiger partial charge in [0.1, 0.15) is 5.82 Å². The van der Waals surface area contributed by atoms with Gasteiger partial charge in [0.2, 0.25) is 5.88 Å². The number of rotatable bonds is 5. The minimum Gasteiger partial charge on any atom is -0.404 e. The number of hydrogen-bond donors (Lipinski definition) is 0. The van der Waals surface area contributed by atoms with Crippen LogP contribution in [0.4, 0.5) is 10.1 Å². The molecule has 0 saturated carbocycles. The van der Waals surface area contributed by atoms with E-state index in [4.69, 9.17) is 4.74 Å². The summed E-state index contributed by atoms with van der Waals surface area (Å²) in [6.45, 7) is 3.88. The lowest BCUT2D eigenvalue weighted by molar-refractivity contribution is -0.384. The van der Waals surface area contributed by atoms with Gasteiger partial charge in [0, 0.05) is 18.2 Å². The summed E-state index contributed by atoms with van der Waals surface area (Å²) in [6, 6.07) is 12.4. The number of carbonyl (C=O) groups excluding carboxylic acids is 1. The molecular formula is C19H16FN3O4. The second kappa shape index (κ2) is 7.36. The Morgan fingerprint density at radius 2 is 1.78 bits per heavy atom. The van der Waals surface area contributed by atoms with Gasteiger partial charge in [-0.05, 0) is 42.3 Å². The van der Waals surface area contributed by atoms with E-state index in [1.54, 1.807) is 6.07 Å². The zero-order chi connectivity index (χ0) is 19.6. The van der Waals surface area contributed by atoms with Crippen LogP contribution in [0.1, 0.15) is 35.8 Å². The highest BCUT2D eigenvalue weighted by Crippen LogP contribution is 2.25. The van der Waals surface area contributed by atoms with Crippen molar-refractivity contribution in [3.63, 3.8) is 0 Å². The lowest BCUT2D eigenvalue weighted by atomic mass is 10.1. The van der Waals surface area contributed by atoms with Gasteiger partial charge >= 0.3 is 5.97 Å². The van der Waals surface area contributed by atoms with E-state index in [-0.39, 0.29) is 23.0 Å². The van der Waals surface area contributed by atoms with E-state index in [1.165, 1.54) is 53.2 Å². The number of carbonyl (C=O) groups is 1. The molecule has 0 N–H and O–H groups in total. The van der Waals surface area contributed by atoms with Gasteiger partial charge in [-0.25, -0.2) is 13.9 Å². The number of nitro benzene ring substituents is 1. The van der Waals surface area contributed by atoms with Crippen LogP contribution in [0.25, 0.3) is 5.69 Å². The van der Waals surface area contributed by atoms with Crippen molar-refractivity contribution >= 4 is 11.7 Å². The molecule has 1 heterocycles. The molecule has 0 spiro atoms. The first-order valence-corrected chi connectivity index (χ1v) is 8.17. The molecule has 3 rings (SSSR count). The molecule has 0 atom stereocenters. The Hall–Kier alpha value is -3.55. The van der Waals surface area contributed by atoms with Gasteiger partial charge in [-0.15, -0.1) is 0 Å². The van der Waals surface area contributed by atoms with Crippen LogP contribution in [-0.2, 0) is 0 Å². The SMILES string of the molecule is CC(C)c1cc(OC(=O)c2ccc(F)cc2)n(-c2ccc([N+](=O)[O-])cc2)n1. The highest BCUT2D eigenvalue weighted by Gasteiger charge is 2.18. The van der Waals surface area contributed by atoms with E-state index in [1.807, 2.05) is 13.8 Å². The van der Waals surface area contributed by atoms with Gasteiger partial charge in [0.25, 0.3) is 5.69 Å². The van der Waals surface area contributed by atoms with Crippen molar-refractivity contribution in [1.82, 2.24) is 9.78 Å². The molecule has 0 bridgehead atoms. The van der Waals surface area contributed by atoms with Gasteiger partial charge in [0.15, 0.2) is 0 Å². The summed E-state index contributed by atoms with van der Waals surface area (Å²) in [5, 5.41) is 15.2. The first-order valence-electron chi connectivity index (χ1n) is 8.17. The standard InChI is InChI=1S/C19H16FN3O4/c1-12(2)17-11-18(27-19(24)13-3-5-14(20)6-4-13)22(21-17)15-7-9-16(10-8-15)23(25)26/h3-12H,1-2H3. The van der Waals surface area contributed by atoms with E-state index in [9.17, 15) is 19.3 Å². The third-order valence-corrected chi connectivity index (χ3v) is 3.87. The van der Waals surface area contributed by atoms with Crippen LogP contribution < -0.4 is 4.74 Å². The number of esters is 1. The number of hydrogen-bond acceptors (Lipinski definition) is 5. The fourth-order valence-corrected chi connectivity index (χ4v) is 2.38. The average Bonchev–Trinajstić information content (AvgIpc) is 3.06. The molecule has 0 amide bonds. The zero-order valence-corrected chi connectivity index (χ0v) is 14.6. The summed E-state index contributed by atoms with van der Waals surface area (Å²) < 4.78 is 19.9. The van der Waals surface area contributed by atoms with Crippen molar-refractivity contribution < 1.29 is 18.8 Å². The van der Waals surface area contributed by atoms with Crippen LogP contribution in [0.3, 0.4) is 0 Å². The Kier molecular flexibility index (Phi) is 4.98. The minimum absolute atomic E-state index is 0.0557. The highest BCUT2D eigenvalue weighted by atomic mass is 19.1. The van der Waals surface area contributed by atoms with Gasteiger partial charge < -0.3 is 4.74 Å². The lowest BCUT2D eigenvalue weighted by Crippen LogP contribution is -2.11. The maximum Gasteiger partial charge on any atom is 0.344 e. The van der Waals surface area contributed by atoms with Crippen molar-refractivity contribution in [3.05, 3.63) is 81.8 Å². The predicted octanol–water partition coefficient (Wildman–Crippen LogP) is 4.26. The monoisotopic (exact) mass is 369 g/mol. The summed E-state index contributed by atoms with van der Waals surface area (Å²) in [5.41, 5.74) is 1.34. The molecule has 0 aliphatic carbocycles. The van der Waals surface area contributed by atoms with E-state index < -0.39 is 16.7 Å². The van der Waals surface area contributed by atoms with E-state index >= 15 is 0 Å². The van der Waals surface area contributed by atoms with E-state index in [0.29, 0.717) is 11.4 Å². The number of ether oxygens (including phenoxy) is 1. The van der Waals surface area contributed by atoms with Crippen molar-refractivity contribution in [2.45, 2.75) is 19.8 Å². The molecule has 138 valence electrons. The molecule has 0 aliphatic heterocycles. The van der Waals surface area contributed by atoms with Crippen molar-refractivity contribution in [2.24, 2.45) is 0 Å². The second-order valence-electron chi connectivity index (χ2n) is 6.14. The summed E-state index contributed by atoms with van der Waals surface area (Å²) in [6.07, 6.45) is 0. The first-order chi connectivity index (χ1) is 12.8. The largest absolute Gasteiger partial charge is 0.404 e. The fraction of sp³-hybridized carbons (Fsp3) is 0.158. The van der Waals surface area contributed by atoms with Crippen molar-refractivity contribution in [1.29, 1.82) is 0 Å². The number of non-ortho nitro benzene ring substituents is 1. The van der Waals surface area contributed by atoms with Crippen molar-refractivity contribution in [3.8, 4) is 11.6 Å². The van der Waals surface area contributed by atoms with Crippen LogP contribution in [0, 0.1) is 15.9 Å². The van der Waals surface area contributed by atoms with Crippen LogP contribution in [0.5, 0.6) is 5.88 Å². The summed E-state index contributed by atoms with van der Waals surface area (Å²) in [5.74, 6) is -0.868. The van der Waals surface area contributed by atoms with Gasteiger partial charge in [-0.3, -0.25) is 10.1 Å². The quantitative estimate of drug-likeness (QED) is 0.381. The van der Waals surface area contributed by atoms with Crippen LogP contribution >= 0.6 is 0 Å². The number of halogens is 1. The number of benzene rings is 2. The number of aromatic nitrogens is 2. The Labute approximate surface area is 154 Å². The molecule has 0 radical (unpaired) electrons. The van der Waals surface area contributed by atoms with Crippen LogP contribution in [0.15, 0.2) is 54.6 Å². The Balaban J connectivity index is 1.95. The van der Waals surface area contributed by atoms with Crippen LogP contribution in [0.2, 0.25) is 0 Å². The lowest BCUT2D eigenvalue weighted by Gasteiger charge is -2.08. The third-order valence-electron chi connectivity index (χ3n) is 3.87. The van der Waals surface area contributed by atoms with Crippen LogP contribution in [-0.4, -0.2) is 20.7 Å². The van der Waals surface area contributed by atoms with E-state index in [2.05, 4.69) is 5.10 Å². The third kappa shape index (κ3) is 4.00. The Morgan fingerprint density at radius 1 is 1.15 bits per heavy atom. The average molecular weight is 369 g/mol. The second-order valence-corrected chi connectivity index (χ2v) is 6.14. The molecule has 8 heteroatoms. The Morgan fingerprint density at radius 3 is 2.33 bits per heavy atom. The zero-order valence-electron chi connectivity index (χ0n) is 14.6. The summed E-state index contributed by atoms with van der Waals surface area (Å²) in [4.78, 5) is 22.7. The molecule has 0 unspecified atom stereocenters. The first kappa shape index (κ1) is 18.2. The maximum absolute atomic E-state index is 13.0. The van der Waals surface area contributed by atoms with Crippen molar-refractivity contribution in [2.75, 3.05) is 0 Å². The Bertz CT molecular complexity index is 979. The van der Waals surface area contributed by atoms with Gasteiger partial charge in [-0.2, -0.15) is 5.10 Å². The molecule has 0 aliphatic rings. The molecule has 0 fully saturated rings. The molecule has 7 nitrogen and oxygen atoms in total. The van der Waals surface area contributed by atoms with E-state index in [0.717, 1.165) is 0 Å². The number of nitro groups is 1. The molecule has 1 aromatic heterocycles. The maximum atomic E-state index is 13.0. The smallest absolute Gasteiger partial charge is 0.344 e. The predicted molar refractivity (Wildman–Crippen MR) is 95.7 cm³/mol. The summed E-state index contributed by atoms with van der Waals surface area (Å²) in [7, 11) is 0. The topological polar surface area (TPSA) is 87.3 Å². The summed E-state index contributed by atoms with van der Waals surface area (Å²) >= 11 is 0. The molecule has 27 heavy (non-hydrogen) atoms. The fourth-order valence-electron chi connectivity index (χ4n) is 2.38. The molecule has 3 aromatic rings. The van der Waals surface area contributed by atoms with Gasteiger partial charge in [-0.1, -0.05) is 13.8 Å². The van der Waals surface area contributed by atoms with Gasteiger partial charge in [0.05, 0.1) is 21.9 Å². The molecule has 0 saturated heterocycles.